The molecule has 1 rings (SSSR count). The van der Waals surface area contributed by atoms with E-state index in [4.69, 9.17) is 21.8 Å². The standard InChI is InChI=1S/C9H17BO7P/c1-3-4-15-18(12,13)17-8-6(5-14-2)16-9(10)7(8)11/h6-9H,3-5H2,1-2H3,(H,12,13)/q-1/p-1/t6-,7?,8+,9-/m1/s1. The zero-order valence-corrected chi connectivity index (χ0v) is 11.2. The van der Waals surface area contributed by atoms with Crippen molar-refractivity contribution >= 4 is 15.7 Å². The van der Waals surface area contributed by atoms with Gasteiger partial charge in [0.25, 0.3) is 7.82 Å². The molecule has 0 amide bonds. The molecule has 0 aromatic carbocycles. The van der Waals surface area contributed by atoms with Crippen LogP contribution in [0, 0.1) is 0 Å². The van der Waals surface area contributed by atoms with Gasteiger partial charge in [-0.05, 0) is 6.42 Å². The van der Waals surface area contributed by atoms with Gasteiger partial charge in [0.1, 0.15) is 14.0 Å². The second kappa shape index (κ2) is 7.00. The molecule has 1 saturated heterocycles. The van der Waals surface area contributed by atoms with Gasteiger partial charge in [-0.25, -0.2) is 0 Å². The maximum absolute atomic E-state index is 11.7. The minimum absolute atomic E-state index is 0.00111. The first-order valence-corrected chi connectivity index (χ1v) is 7.07. The number of hydrogen-bond acceptors (Lipinski definition) is 7. The van der Waals surface area contributed by atoms with Gasteiger partial charge in [-0.3, -0.25) is 4.57 Å². The first kappa shape index (κ1) is 16.1. The highest BCUT2D eigenvalue weighted by Crippen LogP contribution is 2.42. The van der Waals surface area contributed by atoms with E-state index in [2.05, 4.69) is 4.52 Å². The molecule has 0 aromatic rings. The van der Waals surface area contributed by atoms with Gasteiger partial charge in [-0.1, -0.05) is 13.0 Å². The molecule has 0 bridgehead atoms. The first-order chi connectivity index (χ1) is 8.41. The second-order valence-electron chi connectivity index (χ2n) is 3.91. The van der Waals surface area contributed by atoms with Gasteiger partial charge in [0.2, 0.25) is 0 Å². The number of phosphoric ester groups is 1. The molecule has 2 unspecified atom stereocenters. The van der Waals surface area contributed by atoms with E-state index >= 15 is 0 Å². The lowest BCUT2D eigenvalue weighted by Crippen LogP contribution is -2.46. The minimum atomic E-state index is -4.52. The largest absolute Gasteiger partial charge is 0.849 e. The Hall–Kier alpha value is 0.0549. The van der Waals surface area contributed by atoms with Crippen LogP contribution in [0.1, 0.15) is 13.3 Å². The van der Waals surface area contributed by atoms with E-state index in [0.717, 1.165) is 0 Å². The molecule has 0 spiro atoms. The molecule has 0 aliphatic carbocycles. The summed E-state index contributed by atoms with van der Waals surface area (Å²) < 4.78 is 30.6. The Labute approximate surface area is 107 Å². The quantitative estimate of drug-likeness (QED) is 0.414. The summed E-state index contributed by atoms with van der Waals surface area (Å²) in [5.74, 6) is 0. The van der Waals surface area contributed by atoms with Crippen LogP contribution in [0.25, 0.3) is 0 Å². The number of ether oxygens (including phenoxy) is 2. The molecule has 104 valence electrons. The summed E-state index contributed by atoms with van der Waals surface area (Å²) >= 11 is 0. The molecule has 2 radical (unpaired) electrons. The average molecular weight is 278 g/mol. The average Bonchev–Trinajstić information content (AvgIpc) is 2.55. The highest BCUT2D eigenvalue weighted by Gasteiger charge is 2.38. The van der Waals surface area contributed by atoms with Crippen molar-refractivity contribution < 1.29 is 33.1 Å². The van der Waals surface area contributed by atoms with Gasteiger partial charge in [0.05, 0.1) is 19.3 Å². The van der Waals surface area contributed by atoms with Crippen molar-refractivity contribution in [3.63, 3.8) is 0 Å². The van der Waals surface area contributed by atoms with Gasteiger partial charge >= 0.3 is 0 Å². The Morgan fingerprint density at radius 1 is 1.50 bits per heavy atom. The highest BCUT2D eigenvalue weighted by molar-refractivity contribution is 7.45. The Kier molecular flexibility index (Phi) is 6.27. The molecule has 0 saturated carbocycles. The molecule has 18 heavy (non-hydrogen) atoms. The van der Waals surface area contributed by atoms with E-state index in [1.165, 1.54) is 7.11 Å². The minimum Gasteiger partial charge on any atom is -0.849 e. The van der Waals surface area contributed by atoms with Crippen LogP contribution >= 0.6 is 7.82 Å². The third-order valence-corrected chi connectivity index (χ3v) is 3.38. The van der Waals surface area contributed by atoms with Crippen LogP contribution in [0.4, 0.5) is 0 Å². The smallest absolute Gasteiger partial charge is 0.268 e. The predicted octanol–water partition coefficient (Wildman–Crippen LogP) is -1.46. The van der Waals surface area contributed by atoms with Gasteiger partial charge in [-0.15, -0.1) is 0 Å². The van der Waals surface area contributed by atoms with E-state index in [9.17, 15) is 14.6 Å². The topological polar surface area (TPSA) is 100 Å². The number of hydrogen-bond donors (Lipinski definition) is 0. The van der Waals surface area contributed by atoms with Crippen molar-refractivity contribution in [1.29, 1.82) is 0 Å². The van der Waals surface area contributed by atoms with E-state index in [-0.39, 0.29) is 13.2 Å². The van der Waals surface area contributed by atoms with E-state index in [1.807, 2.05) is 0 Å². The highest BCUT2D eigenvalue weighted by atomic mass is 31.2. The van der Waals surface area contributed by atoms with Crippen LogP contribution < -0.4 is 10.00 Å². The van der Waals surface area contributed by atoms with E-state index in [1.54, 1.807) is 6.92 Å². The molecule has 0 N–H and O–H groups in total. The Balaban J connectivity index is 2.64. The normalized spacial score (nSPS) is 35.6. The van der Waals surface area contributed by atoms with Crippen LogP contribution in [-0.4, -0.2) is 52.5 Å². The van der Waals surface area contributed by atoms with E-state index < -0.39 is 32.1 Å². The Morgan fingerprint density at radius 2 is 2.17 bits per heavy atom. The summed E-state index contributed by atoms with van der Waals surface area (Å²) in [4.78, 5) is 11.5. The molecule has 0 aromatic heterocycles. The molecule has 1 heterocycles. The molecule has 1 fully saturated rings. The van der Waals surface area contributed by atoms with Gasteiger partial charge < -0.3 is 28.5 Å². The van der Waals surface area contributed by atoms with E-state index in [0.29, 0.717) is 6.42 Å². The molecule has 9 heteroatoms. The SMILES string of the molecule is [B][C@@H]1O[C@H](COC)[C@H](OP(=O)([O-])OCCC)C1[O-]. The number of rotatable bonds is 7. The number of phosphoric acid groups is 1. The first-order valence-electron chi connectivity index (χ1n) is 5.61. The van der Waals surface area contributed by atoms with Crippen LogP contribution in [0.3, 0.4) is 0 Å². The van der Waals surface area contributed by atoms with Crippen molar-refractivity contribution in [2.45, 2.75) is 37.7 Å². The summed E-state index contributed by atoms with van der Waals surface area (Å²) in [6.07, 6.45) is -3.05. The summed E-state index contributed by atoms with van der Waals surface area (Å²) in [6, 6.07) is -1.12. The van der Waals surface area contributed by atoms with Crippen LogP contribution in [-0.2, 0) is 23.1 Å². The number of methoxy groups -OCH3 is 1. The van der Waals surface area contributed by atoms with Crippen molar-refractivity contribution in [2.75, 3.05) is 20.3 Å². The lowest BCUT2D eigenvalue weighted by Gasteiger charge is -2.33. The lowest BCUT2D eigenvalue weighted by atomic mass is 9.93. The summed E-state index contributed by atoms with van der Waals surface area (Å²) in [6.45, 7) is 1.77. The third kappa shape index (κ3) is 4.31. The molecular formula is C9H16BO7P-2. The van der Waals surface area contributed by atoms with Gasteiger partial charge in [0, 0.05) is 13.1 Å². The fraction of sp³-hybridized carbons (Fsp3) is 1.00. The maximum atomic E-state index is 11.7. The summed E-state index contributed by atoms with van der Waals surface area (Å²) in [5, 5.41) is 11.7. The lowest BCUT2D eigenvalue weighted by molar-refractivity contribution is -0.434. The molecule has 5 atom stereocenters. The third-order valence-electron chi connectivity index (χ3n) is 2.38. The summed E-state index contributed by atoms with van der Waals surface area (Å²) in [7, 11) is 2.28. The van der Waals surface area contributed by atoms with Gasteiger partial charge in [0.15, 0.2) is 0 Å². The zero-order valence-electron chi connectivity index (χ0n) is 10.3. The predicted molar refractivity (Wildman–Crippen MR) is 58.8 cm³/mol. The van der Waals surface area contributed by atoms with Crippen LogP contribution in [0.5, 0.6) is 0 Å². The van der Waals surface area contributed by atoms with Crippen LogP contribution in [0.2, 0.25) is 0 Å². The second-order valence-corrected chi connectivity index (χ2v) is 5.27. The Bertz CT molecular complexity index is 303. The maximum Gasteiger partial charge on any atom is 0.268 e. The fourth-order valence-electron chi connectivity index (χ4n) is 1.56. The van der Waals surface area contributed by atoms with Crippen molar-refractivity contribution in [1.82, 2.24) is 0 Å². The summed E-state index contributed by atoms with van der Waals surface area (Å²) in [5.41, 5.74) is 0. The monoisotopic (exact) mass is 278 g/mol. The molecule has 7 nitrogen and oxygen atoms in total. The van der Waals surface area contributed by atoms with Gasteiger partial charge in [-0.2, -0.15) is 0 Å². The molecular weight excluding hydrogens is 262 g/mol. The van der Waals surface area contributed by atoms with Crippen molar-refractivity contribution in [3.05, 3.63) is 0 Å². The van der Waals surface area contributed by atoms with Crippen molar-refractivity contribution in [3.8, 4) is 0 Å². The fourth-order valence-corrected chi connectivity index (χ4v) is 2.58. The Morgan fingerprint density at radius 3 is 2.72 bits per heavy atom. The molecule has 1 aliphatic heterocycles. The van der Waals surface area contributed by atoms with Crippen LogP contribution in [0.15, 0.2) is 0 Å². The zero-order chi connectivity index (χ0) is 13.8. The van der Waals surface area contributed by atoms with Crippen molar-refractivity contribution in [2.24, 2.45) is 0 Å². The molecule has 1 aliphatic rings.